The van der Waals surface area contributed by atoms with Gasteiger partial charge in [0, 0.05) is 42.2 Å². The van der Waals surface area contributed by atoms with Crippen molar-refractivity contribution in [1.29, 1.82) is 5.26 Å². The molecule has 5 aliphatic heterocycles. The minimum Gasteiger partial charge on any atom is -0.496 e. The number of methoxy groups -OCH3 is 1. The van der Waals surface area contributed by atoms with Gasteiger partial charge in [-0.3, -0.25) is 29.1 Å². The molecule has 3 aromatic rings. The van der Waals surface area contributed by atoms with Crippen LogP contribution < -0.4 is 18.9 Å². The Morgan fingerprint density at radius 3 is 2.31 bits per heavy atom. The average Bonchev–Trinajstić information content (AvgIpc) is 3.64. The summed E-state index contributed by atoms with van der Waals surface area (Å²) >= 11 is 0. The van der Waals surface area contributed by atoms with Gasteiger partial charge in [0.1, 0.15) is 17.5 Å². The third-order valence-electron chi connectivity index (χ3n) is 11.0. The van der Waals surface area contributed by atoms with Crippen LogP contribution in [-0.4, -0.2) is 78.1 Å². The molecule has 0 saturated carbocycles. The summed E-state index contributed by atoms with van der Waals surface area (Å²) in [5.41, 5.74) is 7.19. The first-order valence-corrected chi connectivity index (χ1v) is 16.2. The highest BCUT2D eigenvalue weighted by molar-refractivity contribution is 6.21. The molecule has 5 atom stereocenters. The molecule has 0 radical (unpaired) electrons. The van der Waals surface area contributed by atoms with Crippen molar-refractivity contribution in [2.24, 2.45) is 0 Å². The van der Waals surface area contributed by atoms with Crippen molar-refractivity contribution >= 4 is 17.8 Å². The summed E-state index contributed by atoms with van der Waals surface area (Å²) in [4.78, 5) is 46.0. The van der Waals surface area contributed by atoms with Crippen LogP contribution in [0.1, 0.15) is 78.7 Å². The van der Waals surface area contributed by atoms with Crippen molar-refractivity contribution in [2.75, 3.05) is 27.5 Å². The molecular weight excluding hydrogens is 612 g/mol. The van der Waals surface area contributed by atoms with Crippen molar-refractivity contribution in [3.05, 3.63) is 80.4 Å². The van der Waals surface area contributed by atoms with E-state index in [2.05, 4.69) is 35.9 Å². The second-order valence-electron chi connectivity index (χ2n) is 13.4. The van der Waals surface area contributed by atoms with E-state index in [-0.39, 0.29) is 43.3 Å². The molecule has 0 spiro atoms. The molecule has 5 heterocycles. The van der Waals surface area contributed by atoms with Crippen LogP contribution in [0.5, 0.6) is 23.0 Å². The monoisotopic (exact) mass is 648 g/mol. The lowest BCUT2D eigenvalue weighted by Gasteiger charge is -2.60. The lowest BCUT2D eigenvalue weighted by atomic mass is 9.71. The van der Waals surface area contributed by atoms with E-state index in [0.29, 0.717) is 52.3 Å². The number of carbonyl (C=O) groups is 3. The van der Waals surface area contributed by atoms with Crippen LogP contribution in [0.2, 0.25) is 0 Å². The minimum absolute atomic E-state index is 0.0292. The normalized spacial score (nSPS) is 25.2. The Hall–Kier alpha value is -4.92. The predicted molar refractivity (Wildman–Crippen MR) is 172 cm³/mol. The summed E-state index contributed by atoms with van der Waals surface area (Å²) in [7, 11) is 3.75. The molecular formula is C37H36N4O7. The second-order valence-corrected chi connectivity index (χ2v) is 13.4. The van der Waals surface area contributed by atoms with Crippen LogP contribution in [0.25, 0.3) is 0 Å². The van der Waals surface area contributed by atoms with Gasteiger partial charge in [0.25, 0.3) is 11.8 Å². The first-order chi connectivity index (χ1) is 23.1. The largest absolute Gasteiger partial charge is 0.496 e. The van der Waals surface area contributed by atoms with E-state index < -0.39 is 18.1 Å². The fraction of sp³-hybridized carbons (Fsp3) is 0.405. The summed E-state index contributed by atoms with van der Waals surface area (Å²) in [6.07, 6.45) is 1.06. The van der Waals surface area contributed by atoms with Gasteiger partial charge < -0.3 is 18.9 Å². The number of amides is 2. The smallest absolute Gasteiger partial charge is 0.308 e. The van der Waals surface area contributed by atoms with Crippen molar-refractivity contribution in [1.82, 2.24) is 14.7 Å². The fourth-order valence-electron chi connectivity index (χ4n) is 9.20. The van der Waals surface area contributed by atoms with Gasteiger partial charge in [-0.15, -0.1) is 0 Å². The lowest BCUT2D eigenvalue weighted by molar-refractivity contribution is -0.132. The summed E-state index contributed by atoms with van der Waals surface area (Å²) < 4.78 is 23.9. The van der Waals surface area contributed by atoms with Gasteiger partial charge in [0.2, 0.25) is 6.79 Å². The number of likely N-dealkylation sites (N-methyl/N-ethyl adjacent to an activating group) is 1. The summed E-state index contributed by atoms with van der Waals surface area (Å²) in [5.74, 6) is 0.921. The van der Waals surface area contributed by atoms with Gasteiger partial charge in [-0.1, -0.05) is 18.2 Å². The number of hydrogen-bond donors (Lipinski definition) is 0. The average molecular weight is 649 g/mol. The number of ether oxygens (including phenoxy) is 4. The molecule has 1 fully saturated rings. The third-order valence-corrected chi connectivity index (χ3v) is 11.0. The Morgan fingerprint density at radius 2 is 1.67 bits per heavy atom. The number of hydrogen-bond acceptors (Lipinski definition) is 10. The van der Waals surface area contributed by atoms with Gasteiger partial charge in [0.05, 0.1) is 36.4 Å². The summed E-state index contributed by atoms with van der Waals surface area (Å²) in [5, 5.41) is 11.0. The number of aryl methyl sites for hydroxylation is 1. The van der Waals surface area contributed by atoms with Crippen molar-refractivity contribution in [3.8, 4) is 29.1 Å². The first-order valence-electron chi connectivity index (χ1n) is 16.2. The van der Waals surface area contributed by atoms with E-state index in [4.69, 9.17) is 18.9 Å². The van der Waals surface area contributed by atoms with E-state index in [0.717, 1.165) is 28.0 Å². The molecule has 8 rings (SSSR count). The van der Waals surface area contributed by atoms with Crippen LogP contribution in [0.4, 0.5) is 0 Å². The Kier molecular flexibility index (Phi) is 6.84. The Labute approximate surface area is 278 Å². The van der Waals surface area contributed by atoms with E-state index in [9.17, 15) is 19.6 Å². The van der Waals surface area contributed by atoms with Gasteiger partial charge in [-0.25, -0.2) is 0 Å². The number of esters is 1. The Morgan fingerprint density at radius 1 is 0.979 bits per heavy atom. The standard InChI is InChI=1S/C37H36N4O7/c1-17-11-21-12-25-27(14-38)41-26(31(39(25)5)29(21)18(2)32(17)45-6)13-24-30(35-34(46-16-47-35)19(3)33(24)48-20(4)42)28(41)15-40-36(43)22-9-7-8-10-23(22)37(40)44/h7-11,25-28,31H,12-13,15-16H2,1-6H3/t25-,26-,27-,28-,31-/m0/s1. The first kappa shape index (κ1) is 30.4. The predicted octanol–water partition coefficient (Wildman–Crippen LogP) is 4.34. The van der Waals surface area contributed by atoms with Gasteiger partial charge in [-0.2, -0.15) is 5.26 Å². The molecule has 11 heteroatoms. The molecule has 48 heavy (non-hydrogen) atoms. The maximum absolute atomic E-state index is 13.8. The number of fused-ring (bicyclic) bond motifs is 10. The number of benzene rings is 3. The van der Waals surface area contributed by atoms with E-state index in [1.807, 2.05) is 13.8 Å². The van der Waals surface area contributed by atoms with Crippen LogP contribution in [0.15, 0.2) is 30.3 Å². The van der Waals surface area contributed by atoms with Crippen molar-refractivity contribution in [3.63, 3.8) is 0 Å². The number of carbonyl (C=O) groups excluding carboxylic acids is 3. The molecule has 0 unspecified atom stereocenters. The molecule has 2 bridgehead atoms. The summed E-state index contributed by atoms with van der Waals surface area (Å²) in [6, 6.07) is 9.72. The number of nitrogens with zero attached hydrogens (tertiary/aromatic N) is 4. The zero-order valence-corrected chi connectivity index (χ0v) is 27.7. The van der Waals surface area contributed by atoms with Gasteiger partial charge in [-0.05, 0) is 75.0 Å². The number of piperazine rings is 1. The fourth-order valence-corrected chi connectivity index (χ4v) is 9.20. The van der Waals surface area contributed by atoms with E-state index >= 15 is 0 Å². The van der Waals surface area contributed by atoms with Crippen molar-refractivity contribution in [2.45, 2.75) is 70.7 Å². The quantitative estimate of drug-likeness (QED) is 0.230. The maximum atomic E-state index is 13.8. The molecule has 5 aliphatic rings. The zero-order chi connectivity index (χ0) is 33.8. The highest BCUT2D eigenvalue weighted by Crippen LogP contribution is 2.58. The molecule has 11 nitrogen and oxygen atoms in total. The Balaban J connectivity index is 1.38. The molecule has 2 amide bonds. The second kappa shape index (κ2) is 10.8. The number of rotatable bonds is 4. The van der Waals surface area contributed by atoms with Gasteiger partial charge >= 0.3 is 5.97 Å². The highest BCUT2D eigenvalue weighted by Gasteiger charge is 2.57. The summed E-state index contributed by atoms with van der Waals surface area (Å²) in [6.45, 7) is 7.27. The molecule has 3 aromatic carbocycles. The molecule has 0 N–H and O–H groups in total. The van der Waals surface area contributed by atoms with Crippen LogP contribution in [0, 0.1) is 32.1 Å². The van der Waals surface area contributed by atoms with E-state index in [1.54, 1.807) is 31.4 Å². The zero-order valence-electron chi connectivity index (χ0n) is 27.7. The lowest BCUT2D eigenvalue weighted by Crippen LogP contribution is -2.69. The topological polar surface area (TPSA) is 122 Å². The van der Waals surface area contributed by atoms with E-state index in [1.165, 1.54) is 17.4 Å². The van der Waals surface area contributed by atoms with Crippen LogP contribution in [0.3, 0.4) is 0 Å². The van der Waals surface area contributed by atoms with Crippen LogP contribution in [-0.2, 0) is 17.6 Å². The van der Waals surface area contributed by atoms with Crippen LogP contribution >= 0.6 is 0 Å². The number of nitriles is 1. The molecule has 246 valence electrons. The van der Waals surface area contributed by atoms with Crippen molar-refractivity contribution < 1.29 is 33.3 Å². The number of imide groups is 1. The molecule has 1 saturated heterocycles. The molecule has 0 aromatic heterocycles. The minimum atomic E-state index is -0.663. The van der Waals surface area contributed by atoms with Gasteiger partial charge in [0.15, 0.2) is 11.5 Å². The molecule has 0 aliphatic carbocycles. The third kappa shape index (κ3) is 4.02. The maximum Gasteiger partial charge on any atom is 0.308 e. The highest BCUT2D eigenvalue weighted by atomic mass is 16.7. The Bertz CT molecular complexity index is 1970. The SMILES string of the molecule is COc1c(C)cc2c(c1C)[C@@H]1[C@@H]3Cc4c(OC(C)=O)c(C)c5c(c4[C@H](CN4C(=O)c6ccccc6C4=O)N3[C@@H](C#N)[C@H](C2)N1C)OCO5.